The number of nitrogens with one attached hydrogen (secondary N) is 3. The van der Waals surface area contributed by atoms with Crippen molar-refractivity contribution in [1.29, 1.82) is 0 Å². The molecule has 1 saturated heterocycles. The van der Waals surface area contributed by atoms with Crippen LogP contribution in [0, 0.1) is 0 Å². The smallest absolute Gasteiger partial charge is 0.324 e. The van der Waals surface area contributed by atoms with Gasteiger partial charge in [0.15, 0.2) is 0 Å². The van der Waals surface area contributed by atoms with E-state index in [1.165, 1.54) is 11.1 Å². The minimum atomic E-state index is -0.854. The lowest BCUT2D eigenvalue weighted by Gasteiger charge is -2.12. The number of benzene rings is 1. The minimum Gasteiger partial charge on any atom is -0.361 e. The summed E-state index contributed by atoms with van der Waals surface area (Å²) in [6.45, 7) is 0.257. The van der Waals surface area contributed by atoms with E-state index in [1.54, 1.807) is 17.9 Å². The van der Waals surface area contributed by atoms with Crippen LogP contribution in [0.4, 0.5) is 10.5 Å². The van der Waals surface area contributed by atoms with E-state index in [1.807, 2.05) is 30.5 Å². The highest BCUT2D eigenvalue weighted by atomic mass is 16.2. The highest BCUT2D eigenvalue weighted by molar-refractivity contribution is 6.06. The van der Waals surface area contributed by atoms with Gasteiger partial charge in [-0.25, -0.2) is 4.79 Å². The third-order valence-corrected chi connectivity index (χ3v) is 4.76. The Balaban J connectivity index is 1.36. The van der Waals surface area contributed by atoms with Crippen LogP contribution in [0.3, 0.4) is 0 Å². The first kappa shape index (κ1) is 17.8. The third-order valence-electron chi connectivity index (χ3n) is 4.76. The lowest BCUT2D eigenvalue weighted by molar-refractivity contribution is -0.129. The van der Waals surface area contributed by atoms with Gasteiger partial charge in [-0.05, 0) is 18.1 Å². The number of aromatic amines is 1. The van der Waals surface area contributed by atoms with E-state index in [4.69, 9.17) is 0 Å². The normalized spacial score (nSPS) is 16.6. The number of amides is 4. The van der Waals surface area contributed by atoms with Gasteiger partial charge in [0.2, 0.25) is 5.91 Å². The maximum Gasteiger partial charge on any atom is 0.324 e. The zero-order valence-electron chi connectivity index (χ0n) is 15.3. The van der Waals surface area contributed by atoms with Gasteiger partial charge in [0, 0.05) is 36.9 Å². The molecule has 0 radical (unpaired) electrons. The average molecular weight is 380 g/mol. The van der Waals surface area contributed by atoms with Crippen molar-refractivity contribution >= 4 is 34.4 Å². The molecule has 9 nitrogen and oxygen atoms in total. The van der Waals surface area contributed by atoms with Crippen LogP contribution in [0.5, 0.6) is 0 Å². The quantitative estimate of drug-likeness (QED) is 0.561. The zero-order valence-corrected chi connectivity index (χ0v) is 15.3. The SMILES string of the molecule is Cn1cc(NC(=O)CC2NC(=O)N(CCc3c[nH]c4ccccc34)C2=O)cn1. The van der Waals surface area contributed by atoms with Crippen molar-refractivity contribution in [1.82, 2.24) is 25.0 Å². The Hall–Kier alpha value is -3.62. The monoisotopic (exact) mass is 380 g/mol. The van der Waals surface area contributed by atoms with Gasteiger partial charge < -0.3 is 15.6 Å². The van der Waals surface area contributed by atoms with Crippen molar-refractivity contribution in [3.8, 4) is 0 Å². The molecule has 4 amide bonds. The fourth-order valence-electron chi connectivity index (χ4n) is 3.38. The number of hydrogen-bond acceptors (Lipinski definition) is 4. The van der Waals surface area contributed by atoms with Crippen LogP contribution in [0.15, 0.2) is 42.9 Å². The Morgan fingerprint density at radius 3 is 2.89 bits per heavy atom. The molecule has 3 aromatic rings. The van der Waals surface area contributed by atoms with E-state index in [-0.39, 0.29) is 24.8 Å². The molecular formula is C19H20N6O3. The molecule has 1 fully saturated rings. The summed E-state index contributed by atoms with van der Waals surface area (Å²) in [6, 6.07) is 6.55. The Labute approximate surface area is 160 Å². The molecular weight excluding hydrogens is 360 g/mol. The van der Waals surface area contributed by atoms with Crippen LogP contribution >= 0.6 is 0 Å². The number of rotatable bonds is 6. The summed E-state index contributed by atoms with van der Waals surface area (Å²) in [7, 11) is 1.74. The summed E-state index contributed by atoms with van der Waals surface area (Å²) < 4.78 is 1.56. The second kappa shape index (κ2) is 7.18. The Morgan fingerprint density at radius 1 is 1.29 bits per heavy atom. The highest BCUT2D eigenvalue weighted by Crippen LogP contribution is 2.19. The second-order valence-corrected chi connectivity index (χ2v) is 6.76. The van der Waals surface area contributed by atoms with Crippen LogP contribution in [-0.4, -0.2) is 50.1 Å². The van der Waals surface area contributed by atoms with Crippen molar-refractivity contribution in [2.75, 3.05) is 11.9 Å². The van der Waals surface area contributed by atoms with Crippen molar-refractivity contribution in [2.45, 2.75) is 18.9 Å². The fraction of sp³-hybridized carbons (Fsp3) is 0.263. The third kappa shape index (κ3) is 3.46. The number of H-pyrrole nitrogens is 1. The molecule has 0 spiro atoms. The molecule has 9 heteroatoms. The Bertz CT molecular complexity index is 1050. The summed E-state index contributed by atoms with van der Waals surface area (Å²) in [4.78, 5) is 41.3. The van der Waals surface area contributed by atoms with Crippen molar-refractivity contribution in [3.05, 3.63) is 48.4 Å². The largest absolute Gasteiger partial charge is 0.361 e. The van der Waals surface area contributed by atoms with E-state index < -0.39 is 12.1 Å². The van der Waals surface area contributed by atoms with Gasteiger partial charge in [-0.3, -0.25) is 19.2 Å². The van der Waals surface area contributed by atoms with Crippen LogP contribution in [0.2, 0.25) is 0 Å². The van der Waals surface area contributed by atoms with Gasteiger partial charge in [0.1, 0.15) is 6.04 Å². The predicted molar refractivity (Wildman–Crippen MR) is 102 cm³/mol. The maximum atomic E-state index is 12.6. The summed E-state index contributed by atoms with van der Waals surface area (Å²) in [6.07, 6.45) is 5.48. The first-order valence-electron chi connectivity index (χ1n) is 8.96. The zero-order chi connectivity index (χ0) is 19.7. The van der Waals surface area contributed by atoms with Crippen molar-refractivity contribution < 1.29 is 14.4 Å². The lowest BCUT2D eigenvalue weighted by Crippen LogP contribution is -2.34. The highest BCUT2D eigenvalue weighted by Gasteiger charge is 2.38. The van der Waals surface area contributed by atoms with Gasteiger partial charge in [0.05, 0.1) is 18.3 Å². The maximum absolute atomic E-state index is 12.6. The Morgan fingerprint density at radius 2 is 2.11 bits per heavy atom. The number of para-hydroxylation sites is 1. The number of imide groups is 1. The first-order chi connectivity index (χ1) is 13.5. The summed E-state index contributed by atoms with van der Waals surface area (Å²) in [5.74, 6) is -0.740. The van der Waals surface area contributed by atoms with E-state index in [2.05, 4.69) is 20.7 Å². The molecule has 0 bridgehead atoms. The van der Waals surface area contributed by atoms with Crippen LogP contribution in [0.25, 0.3) is 10.9 Å². The van der Waals surface area contributed by atoms with Crippen LogP contribution < -0.4 is 10.6 Å². The lowest BCUT2D eigenvalue weighted by atomic mass is 10.1. The van der Waals surface area contributed by atoms with E-state index >= 15 is 0 Å². The first-order valence-corrected chi connectivity index (χ1v) is 8.96. The van der Waals surface area contributed by atoms with E-state index in [0.29, 0.717) is 12.1 Å². The van der Waals surface area contributed by atoms with Gasteiger partial charge in [-0.1, -0.05) is 18.2 Å². The fourth-order valence-corrected chi connectivity index (χ4v) is 3.38. The van der Waals surface area contributed by atoms with Crippen LogP contribution in [-0.2, 0) is 23.1 Å². The van der Waals surface area contributed by atoms with Crippen molar-refractivity contribution in [3.63, 3.8) is 0 Å². The van der Waals surface area contributed by atoms with Crippen molar-refractivity contribution in [2.24, 2.45) is 7.05 Å². The summed E-state index contributed by atoms with van der Waals surface area (Å²) in [5, 5.41) is 10.3. The summed E-state index contributed by atoms with van der Waals surface area (Å²) in [5.41, 5.74) is 2.59. The molecule has 2 aromatic heterocycles. The number of aromatic nitrogens is 3. The molecule has 1 unspecified atom stereocenters. The molecule has 1 aliphatic rings. The number of anilines is 1. The average Bonchev–Trinajstić information content (AvgIpc) is 3.33. The Kier molecular flexibility index (Phi) is 4.56. The van der Waals surface area contributed by atoms with Gasteiger partial charge >= 0.3 is 6.03 Å². The van der Waals surface area contributed by atoms with E-state index in [0.717, 1.165) is 16.5 Å². The van der Waals surface area contributed by atoms with E-state index in [9.17, 15) is 14.4 Å². The predicted octanol–water partition coefficient (Wildman–Crippen LogP) is 1.39. The molecule has 1 aliphatic heterocycles. The molecule has 0 saturated carbocycles. The number of hydrogen-bond donors (Lipinski definition) is 3. The minimum absolute atomic E-state index is 0.122. The number of nitrogens with zero attached hydrogens (tertiary/aromatic N) is 3. The molecule has 4 rings (SSSR count). The van der Waals surface area contributed by atoms with Crippen LogP contribution in [0.1, 0.15) is 12.0 Å². The molecule has 3 N–H and O–H groups in total. The molecule has 28 heavy (non-hydrogen) atoms. The molecule has 144 valence electrons. The number of urea groups is 1. The topological polar surface area (TPSA) is 112 Å². The van der Waals surface area contributed by atoms with Gasteiger partial charge in [-0.15, -0.1) is 0 Å². The number of carbonyl (C=O) groups is 3. The molecule has 0 aliphatic carbocycles. The molecule has 1 aromatic carbocycles. The van der Waals surface area contributed by atoms with Gasteiger partial charge in [0.25, 0.3) is 5.91 Å². The standard InChI is InChI=1S/C19H20N6O3/c1-24-11-13(10-21-24)22-17(26)8-16-18(27)25(19(28)23-16)7-6-12-9-20-15-5-3-2-4-14(12)15/h2-5,9-11,16,20H,6-8H2,1H3,(H,22,26)(H,23,28). The number of carbonyl (C=O) groups excluding carboxylic acids is 3. The molecule has 1 atom stereocenters. The number of aryl methyl sites for hydroxylation is 1. The molecule has 3 heterocycles. The second-order valence-electron chi connectivity index (χ2n) is 6.76. The number of fused-ring (bicyclic) bond motifs is 1. The van der Waals surface area contributed by atoms with Gasteiger partial charge in [-0.2, -0.15) is 5.10 Å². The summed E-state index contributed by atoms with van der Waals surface area (Å²) >= 11 is 0.